The van der Waals surface area contributed by atoms with Gasteiger partial charge in [-0.3, -0.25) is 0 Å². The Morgan fingerprint density at radius 3 is 2.21 bits per heavy atom. The van der Waals surface area contributed by atoms with Crippen molar-refractivity contribution in [3.63, 3.8) is 0 Å². The highest BCUT2D eigenvalue weighted by atomic mass is 19.1. The van der Waals surface area contributed by atoms with E-state index in [9.17, 15) is 13.6 Å². The predicted octanol–water partition coefficient (Wildman–Crippen LogP) is 2.96. The highest BCUT2D eigenvalue weighted by Gasteiger charge is 2.23. The molecular formula is C19H24F2N6O. The average Bonchev–Trinajstić information content (AvgIpc) is 2.72. The van der Waals surface area contributed by atoms with Gasteiger partial charge in [0.2, 0.25) is 0 Å². The minimum atomic E-state index is -0.796. The topological polar surface area (TPSA) is 64.6 Å². The van der Waals surface area contributed by atoms with Crippen molar-refractivity contribution in [3.8, 4) is 0 Å². The summed E-state index contributed by atoms with van der Waals surface area (Å²) in [6.45, 7) is 7.82. The molecule has 1 aliphatic rings. The molecule has 0 radical (unpaired) electrons. The van der Waals surface area contributed by atoms with Crippen LogP contribution in [0, 0.1) is 11.6 Å². The lowest BCUT2D eigenvalue weighted by Crippen LogP contribution is -2.50. The maximum Gasteiger partial charge on any atom is 0.322 e. The van der Waals surface area contributed by atoms with E-state index < -0.39 is 23.4 Å². The molecule has 1 aromatic carbocycles. The number of nitrogens with one attached hydrogen (secondary N) is 1. The second-order valence-electron chi connectivity index (χ2n) is 6.42. The maximum absolute atomic E-state index is 13.7. The van der Waals surface area contributed by atoms with E-state index >= 15 is 0 Å². The van der Waals surface area contributed by atoms with Gasteiger partial charge in [0, 0.05) is 39.3 Å². The van der Waals surface area contributed by atoms with Gasteiger partial charge in [-0.15, -0.1) is 10.2 Å². The molecule has 28 heavy (non-hydrogen) atoms. The summed E-state index contributed by atoms with van der Waals surface area (Å²) < 4.78 is 27.4. The number of aromatic nitrogens is 2. The van der Waals surface area contributed by atoms with E-state index in [1.165, 1.54) is 11.0 Å². The second-order valence-corrected chi connectivity index (χ2v) is 6.42. The first-order chi connectivity index (χ1) is 13.5. The maximum atomic E-state index is 13.7. The summed E-state index contributed by atoms with van der Waals surface area (Å²) in [5.74, 6) is -0.0131. The van der Waals surface area contributed by atoms with Gasteiger partial charge < -0.3 is 20.0 Å². The average molecular weight is 390 g/mol. The molecule has 2 aromatic rings. The van der Waals surface area contributed by atoms with Crippen LogP contribution in [-0.2, 0) is 0 Å². The van der Waals surface area contributed by atoms with Crippen LogP contribution in [0.3, 0.4) is 0 Å². The quantitative estimate of drug-likeness (QED) is 0.850. The van der Waals surface area contributed by atoms with Gasteiger partial charge >= 0.3 is 6.03 Å². The van der Waals surface area contributed by atoms with E-state index in [1.807, 2.05) is 17.0 Å². The Hall–Kier alpha value is -2.97. The van der Waals surface area contributed by atoms with Gasteiger partial charge in [0.15, 0.2) is 11.6 Å². The summed E-state index contributed by atoms with van der Waals surface area (Å²) in [5, 5.41) is 10.9. The van der Waals surface area contributed by atoms with Gasteiger partial charge in [-0.2, -0.15) is 0 Å². The van der Waals surface area contributed by atoms with Crippen molar-refractivity contribution in [2.45, 2.75) is 13.8 Å². The van der Waals surface area contributed by atoms with Crippen molar-refractivity contribution >= 4 is 23.4 Å². The number of urea groups is 1. The number of para-hydroxylation sites is 1. The third-order valence-corrected chi connectivity index (χ3v) is 4.81. The monoisotopic (exact) mass is 390 g/mol. The zero-order valence-corrected chi connectivity index (χ0v) is 16.0. The fourth-order valence-corrected chi connectivity index (χ4v) is 3.14. The molecule has 150 valence electrons. The van der Waals surface area contributed by atoms with Crippen LogP contribution < -0.4 is 15.1 Å². The molecule has 1 fully saturated rings. The van der Waals surface area contributed by atoms with Crippen molar-refractivity contribution in [2.24, 2.45) is 0 Å². The Morgan fingerprint density at radius 2 is 1.68 bits per heavy atom. The normalized spacial score (nSPS) is 14.1. The Balaban J connectivity index is 1.57. The standard InChI is InChI=1S/C19H24F2N6O/c1-3-25(4-2)16-8-9-17(24-23-16)26-10-12-27(13-11-26)19(28)22-18-14(20)6-5-7-15(18)21/h5-9H,3-4,10-13H2,1-2H3,(H,22,28). The van der Waals surface area contributed by atoms with Crippen LogP contribution >= 0.6 is 0 Å². The van der Waals surface area contributed by atoms with E-state index in [0.29, 0.717) is 26.2 Å². The van der Waals surface area contributed by atoms with Gasteiger partial charge in [-0.1, -0.05) is 6.07 Å². The third kappa shape index (κ3) is 4.29. The summed E-state index contributed by atoms with van der Waals surface area (Å²) in [5.41, 5.74) is -0.423. The summed E-state index contributed by atoms with van der Waals surface area (Å²) in [4.78, 5) is 18.0. The second kappa shape index (κ2) is 8.81. The number of amides is 2. The van der Waals surface area contributed by atoms with Gasteiger partial charge in [-0.25, -0.2) is 13.6 Å². The van der Waals surface area contributed by atoms with Crippen LogP contribution in [0.15, 0.2) is 30.3 Å². The molecule has 9 heteroatoms. The Labute approximate surface area is 162 Å². The number of benzene rings is 1. The molecular weight excluding hydrogens is 366 g/mol. The minimum Gasteiger partial charge on any atom is -0.356 e. The predicted molar refractivity (Wildman–Crippen MR) is 105 cm³/mol. The van der Waals surface area contributed by atoms with Crippen LogP contribution in [0.5, 0.6) is 0 Å². The zero-order chi connectivity index (χ0) is 20.1. The first-order valence-electron chi connectivity index (χ1n) is 9.37. The molecule has 7 nitrogen and oxygen atoms in total. The first kappa shape index (κ1) is 19.8. The Morgan fingerprint density at radius 1 is 1.04 bits per heavy atom. The van der Waals surface area contributed by atoms with Crippen molar-refractivity contribution < 1.29 is 13.6 Å². The number of rotatable bonds is 5. The van der Waals surface area contributed by atoms with Gasteiger partial charge in [0.25, 0.3) is 0 Å². The van der Waals surface area contributed by atoms with Crippen molar-refractivity contribution in [3.05, 3.63) is 42.0 Å². The number of carbonyl (C=O) groups excluding carboxylic acids is 1. The summed E-state index contributed by atoms with van der Waals surface area (Å²) in [6, 6.07) is 6.81. The van der Waals surface area contributed by atoms with Crippen molar-refractivity contribution in [2.75, 3.05) is 54.4 Å². The minimum absolute atomic E-state index is 0.418. The molecule has 0 bridgehead atoms. The SMILES string of the molecule is CCN(CC)c1ccc(N2CCN(C(=O)Nc3c(F)cccc3F)CC2)nn1. The summed E-state index contributed by atoms with van der Waals surface area (Å²) in [6.07, 6.45) is 0. The highest BCUT2D eigenvalue weighted by molar-refractivity contribution is 5.89. The number of halogens is 2. The number of hydrogen-bond donors (Lipinski definition) is 1. The molecule has 3 rings (SSSR count). The fourth-order valence-electron chi connectivity index (χ4n) is 3.14. The molecule has 0 saturated carbocycles. The highest BCUT2D eigenvalue weighted by Crippen LogP contribution is 2.20. The van der Waals surface area contributed by atoms with E-state index in [2.05, 4.69) is 34.3 Å². The Bertz CT molecular complexity index is 784. The number of hydrogen-bond acceptors (Lipinski definition) is 5. The summed E-state index contributed by atoms with van der Waals surface area (Å²) in [7, 11) is 0. The number of nitrogens with zero attached hydrogens (tertiary/aromatic N) is 5. The molecule has 1 saturated heterocycles. The van der Waals surface area contributed by atoms with E-state index in [1.54, 1.807) is 0 Å². The lowest BCUT2D eigenvalue weighted by molar-refractivity contribution is 0.207. The molecule has 2 heterocycles. The van der Waals surface area contributed by atoms with Crippen molar-refractivity contribution in [1.82, 2.24) is 15.1 Å². The van der Waals surface area contributed by atoms with E-state index in [4.69, 9.17) is 0 Å². The lowest BCUT2D eigenvalue weighted by atomic mass is 10.3. The first-order valence-corrected chi connectivity index (χ1v) is 9.37. The van der Waals surface area contributed by atoms with Crippen LogP contribution in [0.25, 0.3) is 0 Å². The molecule has 2 amide bonds. The Kier molecular flexibility index (Phi) is 6.23. The molecule has 0 aliphatic carbocycles. The molecule has 0 spiro atoms. The number of carbonyl (C=O) groups is 1. The van der Waals surface area contributed by atoms with Crippen molar-refractivity contribution in [1.29, 1.82) is 0 Å². The largest absolute Gasteiger partial charge is 0.356 e. The van der Waals surface area contributed by atoms with Gasteiger partial charge in [-0.05, 0) is 38.1 Å². The number of anilines is 3. The zero-order valence-electron chi connectivity index (χ0n) is 16.0. The molecule has 1 aromatic heterocycles. The van der Waals surface area contributed by atoms with E-state index in [0.717, 1.165) is 36.9 Å². The van der Waals surface area contributed by atoms with Crippen LogP contribution in [-0.4, -0.2) is 60.4 Å². The van der Waals surface area contributed by atoms with Crippen LogP contribution in [0.1, 0.15) is 13.8 Å². The smallest absolute Gasteiger partial charge is 0.322 e. The molecule has 0 atom stereocenters. The molecule has 1 aliphatic heterocycles. The van der Waals surface area contributed by atoms with Gasteiger partial charge in [0.1, 0.15) is 17.3 Å². The van der Waals surface area contributed by atoms with E-state index in [-0.39, 0.29) is 0 Å². The summed E-state index contributed by atoms with van der Waals surface area (Å²) >= 11 is 0. The number of piperazine rings is 1. The van der Waals surface area contributed by atoms with Gasteiger partial charge in [0.05, 0.1) is 0 Å². The lowest BCUT2D eigenvalue weighted by Gasteiger charge is -2.35. The van der Waals surface area contributed by atoms with Crippen LogP contribution in [0.4, 0.5) is 30.9 Å². The van der Waals surface area contributed by atoms with Crippen LogP contribution in [0.2, 0.25) is 0 Å². The fraction of sp³-hybridized carbons (Fsp3) is 0.421. The molecule has 1 N–H and O–H groups in total. The third-order valence-electron chi connectivity index (χ3n) is 4.81. The molecule has 0 unspecified atom stereocenters.